The molecule has 1 heterocycles. The highest BCUT2D eigenvalue weighted by Crippen LogP contribution is 2.46. The minimum atomic E-state index is -1.41. The van der Waals surface area contributed by atoms with Crippen molar-refractivity contribution in [2.45, 2.75) is 23.5 Å². The number of halogens is 1. The predicted octanol–water partition coefficient (Wildman–Crippen LogP) is 0.658. The number of alkyl halides is 1. The van der Waals surface area contributed by atoms with Crippen LogP contribution >= 0.6 is 11.6 Å². The van der Waals surface area contributed by atoms with E-state index >= 15 is 0 Å². The Bertz CT molecular complexity index is 155. The standard InChI is InChI=1S/C5H9ClO2S/c1-3(2)4-5(6,7)9(4)8/h3-4,7H,1-2H3. The summed E-state index contributed by atoms with van der Waals surface area (Å²) in [6.45, 7) is 3.78. The lowest BCUT2D eigenvalue weighted by Crippen LogP contribution is -2.08. The molecule has 0 aliphatic carbocycles. The van der Waals surface area contributed by atoms with Gasteiger partial charge in [-0.15, -0.1) is 0 Å². The first kappa shape index (κ1) is 7.51. The van der Waals surface area contributed by atoms with Crippen LogP contribution in [-0.4, -0.2) is 19.0 Å². The van der Waals surface area contributed by atoms with Gasteiger partial charge < -0.3 is 5.11 Å². The van der Waals surface area contributed by atoms with Crippen LogP contribution in [0.4, 0.5) is 0 Å². The Morgan fingerprint density at radius 3 is 2.11 bits per heavy atom. The Kier molecular flexibility index (Phi) is 1.62. The van der Waals surface area contributed by atoms with Gasteiger partial charge >= 0.3 is 0 Å². The largest absolute Gasteiger partial charge is 0.364 e. The third-order valence-corrected chi connectivity index (χ3v) is 4.14. The van der Waals surface area contributed by atoms with E-state index < -0.39 is 15.2 Å². The normalized spacial score (nSPS) is 49.9. The molecule has 9 heavy (non-hydrogen) atoms. The fraction of sp³-hybridized carbons (Fsp3) is 1.00. The number of hydrogen-bond donors (Lipinski definition) is 1. The Morgan fingerprint density at radius 1 is 1.78 bits per heavy atom. The molecular formula is C5H9ClO2S. The molecule has 0 aromatic rings. The van der Waals surface area contributed by atoms with Crippen LogP contribution in [0.25, 0.3) is 0 Å². The van der Waals surface area contributed by atoms with E-state index in [-0.39, 0.29) is 11.2 Å². The number of rotatable bonds is 1. The second kappa shape index (κ2) is 1.94. The average molecular weight is 169 g/mol. The molecular weight excluding hydrogens is 160 g/mol. The van der Waals surface area contributed by atoms with Gasteiger partial charge in [-0.2, -0.15) is 0 Å². The summed E-state index contributed by atoms with van der Waals surface area (Å²) in [5.41, 5.74) is 0. The van der Waals surface area contributed by atoms with Gasteiger partial charge in [0.2, 0.25) is 4.39 Å². The fourth-order valence-electron chi connectivity index (χ4n) is 0.890. The summed E-state index contributed by atoms with van der Waals surface area (Å²) < 4.78 is 9.30. The second-order valence-corrected chi connectivity index (χ2v) is 5.10. The monoisotopic (exact) mass is 168 g/mol. The summed E-state index contributed by atoms with van der Waals surface area (Å²) in [6, 6.07) is 0. The lowest BCUT2D eigenvalue weighted by atomic mass is 10.1. The Labute approximate surface area is 61.7 Å². The third kappa shape index (κ3) is 1.02. The molecule has 3 unspecified atom stereocenters. The first-order valence-electron chi connectivity index (χ1n) is 2.80. The SMILES string of the molecule is CC(C)C1S(=O)C1(O)Cl. The molecule has 1 aliphatic heterocycles. The van der Waals surface area contributed by atoms with Crippen LogP contribution in [0.5, 0.6) is 0 Å². The average Bonchev–Trinajstić information content (AvgIpc) is 2.07. The highest BCUT2D eigenvalue weighted by molar-refractivity contribution is 7.96. The van der Waals surface area contributed by atoms with Gasteiger partial charge in [0, 0.05) is 0 Å². The Morgan fingerprint density at radius 2 is 2.11 bits per heavy atom. The van der Waals surface area contributed by atoms with Crippen molar-refractivity contribution in [2.24, 2.45) is 5.92 Å². The Balaban J connectivity index is 2.63. The van der Waals surface area contributed by atoms with Gasteiger partial charge in [-0.05, 0) is 5.92 Å². The van der Waals surface area contributed by atoms with E-state index in [1.807, 2.05) is 13.8 Å². The maximum atomic E-state index is 10.7. The summed E-state index contributed by atoms with van der Waals surface area (Å²) >= 11 is 5.41. The van der Waals surface area contributed by atoms with Crippen LogP contribution in [0, 0.1) is 5.92 Å². The van der Waals surface area contributed by atoms with Crippen molar-refractivity contribution < 1.29 is 9.32 Å². The summed E-state index contributed by atoms with van der Waals surface area (Å²) in [5.74, 6) is 0.202. The zero-order chi connectivity index (χ0) is 7.23. The van der Waals surface area contributed by atoms with E-state index in [9.17, 15) is 4.21 Å². The molecule has 1 fully saturated rings. The van der Waals surface area contributed by atoms with Crippen molar-refractivity contribution in [2.75, 3.05) is 0 Å². The minimum absolute atomic E-state index is 0.202. The van der Waals surface area contributed by atoms with Crippen LogP contribution < -0.4 is 0 Å². The van der Waals surface area contributed by atoms with Gasteiger partial charge in [0.1, 0.15) is 0 Å². The predicted molar refractivity (Wildman–Crippen MR) is 37.6 cm³/mol. The van der Waals surface area contributed by atoms with Gasteiger partial charge in [0.15, 0.2) is 0 Å². The second-order valence-electron chi connectivity index (χ2n) is 2.57. The van der Waals surface area contributed by atoms with E-state index in [4.69, 9.17) is 16.7 Å². The molecule has 54 valence electrons. The molecule has 0 radical (unpaired) electrons. The van der Waals surface area contributed by atoms with E-state index in [0.717, 1.165) is 0 Å². The molecule has 0 aromatic heterocycles. The molecule has 0 amide bonds. The molecule has 0 spiro atoms. The van der Waals surface area contributed by atoms with Crippen LogP contribution in [-0.2, 0) is 10.8 Å². The molecule has 0 aromatic carbocycles. The maximum absolute atomic E-state index is 10.7. The van der Waals surface area contributed by atoms with Gasteiger partial charge in [0.05, 0.1) is 16.0 Å². The van der Waals surface area contributed by atoms with Crippen molar-refractivity contribution in [3.8, 4) is 0 Å². The lowest BCUT2D eigenvalue weighted by molar-refractivity contribution is 0.238. The summed E-state index contributed by atoms with van der Waals surface area (Å²) in [6.07, 6.45) is 0. The summed E-state index contributed by atoms with van der Waals surface area (Å²) in [5, 5.41) is 8.77. The van der Waals surface area contributed by atoms with Gasteiger partial charge in [-0.3, -0.25) is 4.21 Å². The van der Waals surface area contributed by atoms with Crippen molar-refractivity contribution in [3.05, 3.63) is 0 Å². The van der Waals surface area contributed by atoms with Crippen molar-refractivity contribution >= 4 is 22.4 Å². The van der Waals surface area contributed by atoms with Crippen LogP contribution in [0.2, 0.25) is 0 Å². The van der Waals surface area contributed by atoms with E-state index in [1.165, 1.54) is 0 Å². The molecule has 1 N–H and O–H groups in total. The maximum Gasteiger partial charge on any atom is 0.230 e. The molecule has 1 saturated heterocycles. The Hall–Kier alpha value is 0.400. The van der Waals surface area contributed by atoms with Gasteiger partial charge in [-0.1, -0.05) is 25.4 Å². The van der Waals surface area contributed by atoms with Gasteiger partial charge in [0.25, 0.3) is 0 Å². The number of hydrogen-bond acceptors (Lipinski definition) is 2. The molecule has 0 saturated carbocycles. The quantitative estimate of drug-likeness (QED) is 0.462. The summed E-state index contributed by atoms with van der Waals surface area (Å²) in [7, 11) is -1.22. The van der Waals surface area contributed by atoms with E-state index in [0.29, 0.717) is 0 Å². The zero-order valence-corrected chi connectivity index (χ0v) is 6.87. The van der Waals surface area contributed by atoms with Crippen LogP contribution in [0.15, 0.2) is 0 Å². The smallest absolute Gasteiger partial charge is 0.230 e. The molecule has 0 bridgehead atoms. The molecule has 1 aliphatic rings. The van der Waals surface area contributed by atoms with Crippen molar-refractivity contribution in [1.29, 1.82) is 0 Å². The van der Waals surface area contributed by atoms with Gasteiger partial charge in [-0.25, -0.2) is 0 Å². The van der Waals surface area contributed by atoms with Crippen LogP contribution in [0.1, 0.15) is 13.8 Å². The highest BCUT2D eigenvalue weighted by Gasteiger charge is 2.63. The number of aliphatic hydroxyl groups is 1. The first-order chi connectivity index (χ1) is 3.98. The topological polar surface area (TPSA) is 37.3 Å². The van der Waals surface area contributed by atoms with Crippen LogP contribution in [0.3, 0.4) is 0 Å². The van der Waals surface area contributed by atoms with Crippen molar-refractivity contribution in [1.82, 2.24) is 0 Å². The van der Waals surface area contributed by atoms with Crippen molar-refractivity contribution in [3.63, 3.8) is 0 Å². The highest BCUT2D eigenvalue weighted by atomic mass is 35.5. The zero-order valence-electron chi connectivity index (χ0n) is 5.30. The third-order valence-electron chi connectivity index (χ3n) is 1.41. The summed E-state index contributed by atoms with van der Waals surface area (Å²) in [4.78, 5) is 0. The fourth-order valence-corrected chi connectivity index (χ4v) is 2.89. The molecule has 1 rings (SSSR count). The first-order valence-corrected chi connectivity index (χ1v) is 4.39. The molecule has 2 nitrogen and oxygen atoms in total. The minimum Gasteiger partial charge on any atom is -0.364 e. The lowest BCUT2D eigenvalue weighted by Gasteiger charge is -1.97. The molecule has 3 atom stereocenters. The van der Waals surface area contributed by atoms with E-state index in [2.05, 4.69) is 0 Å². The molecule has 4 heteroatoms. The van der Waals surface area contributed by atoms with E-state index in [1.54, 1.807) is 0 Å².